The minimum atomic E-state index is -0.213. The Morgan fingerprint density at radius 2 is 1.86 bits per heavy atom. The standard InChI is InChI=1S/C20H17ClN4O2S/c21-16-11-14(27-15-8-9-23-18(22)12-15)6-7-17(16)24-20(28)25-19(26)10-13-4-2-1-3-5-13/h1-9,11-12H,10H2,(H2,22,23)(H2,24,25,26,28). The molecule has 8 heteroatoms. The third-order valence-electron chi connectivity index (χ3n) is 3.64. The summed E-state index contributed by atoms with van der Waals surface area (Å²) >= 11 is 11.5. The number of benzene rings is 2. The maximum absolute atomic E-state index is 12.1. The minimum absolute atomic E-state index is 0.165. The van der Waals surface area contributed by atoms with Crippen LogP contribution in [0.5, 0.6) is 11.5 Å². The molecule has 0 saturated carbocycles. The van der Waals surface area contributed by atoms with E-state index in [4.69, 9.17) is 34.3 Å². The molecule has 2 aromatic carbocycles. The number of nitrogen functional groups attached to an aromatic ring is 1. The molecule has 3 aromatic rings. The zero-order chi connectivity index (χ0) is 19.9. The number of carbonyl (C=O) groups excluding carboxylic acids is 1. The Labute approximate surface area is 172 Å². The van der Waals surface area contributed by atoms with E-state index in [9.17, 15) is 4.79 Å². The highest BCUT2D eigenvalue weighted by molar-refractivity contribution is 7.80. The number of nitrogens with zero attached hydrogens (tertiary/aromatic N) is 1. The quantitative estimate of drug-likeness (QED) is 0.545. The summed E-state index contributed by atoms with van der Waals surface area (Å²) in [7, 11) is 0. The molecular weight excluding hydrogens is 396 g/mol. The molecule has 0 spiro atoms. The second-order valence-electron chi connectivity index (χ2n) is 5.82. The highest BCUT2D eigenvalue weighted by atomic mass is 35.5. The van der Waals surface area contributed by atoms with Gasteiger partial charge in [-0.3, -0.25) is 4.79 Å². The fourth-order valence-corrected chi connectivity index (χ4v) is 2.84. The van der Waals surface area contributed by atoms with Crippen LogP contribution in [0.3, 0.4) is 0 Å². The van der Waals surface area contributed by atoms with E-state index in [1.807, 2.05) is 30.3 Å². The summed E-state index contributed by atoms with van der Waals surface area (Å²) in [5.74, 6) is 1.22. The average Bonchev–Trinajstić information content (AvgIpc) is 2.64. The highest BCUT2D eigenvalue weighted by Crippen LogP contribution is 2.30. The molecule has 1 heterocycles. The number of amides is 1. The number of nitrogens with two attached hydrogens (primary N) is 1. The van der Waals surface area contributed by atoms with Gasteiger partial charge in [0.15, 0.2) is 5.11 Å². The molecular formula is C20H17ClN4O2S. The molecule has 0 atom stereocenters. The molecule has 0 aliphatic rings. The maximum Gasteiger partial charge on any atom is 0.230 e. The molecule has 0 fully saturated rings. The maximum atomic E-state index is 12.1. The number of hydrogen-bond donors (Lipinski definition) is 3. The fourth-order valence-electron chi connectivity index (χ4n) is 2.39. The zero-order valence-electron chi connectivity index (χ0n) is 14.7. The number of anilines is 2. The summed E-state index contributed by atoms with van der Waals surface area (Å²) in [4.78, 5) is 16.0. The molecule has 0 radical (unpaired) electrons. The van der Waals surface area contributed by atoms with E-state index < -0.39 is 0 Å². The first-order valence-electron chi connectivity index (χ1n) is 8.33. The summed E-state index contributed by atoms with van der Waals surface area (Å²) in [6.45, 7) is 0. The van der Waals surface area contributed by atoms with Gasteiger partial charge in [-0.1, -0.05) is 41.9 Å². The van der Waals surface area contributed by atoms with E-state index in [1.165, 1.54) is 0 Å². The Bertz CT molecular complexity index is 999. The van der Waals surface area contributed by atoms with Gasteiger partial charge in [0.2, 0.25) is 5.91 Å². The molecule has 0 aliphatic carbocycles. The third kappa shape index (κ3) is 5.67. The minimum Gasteiger partial charge on any atom is -0.457 e. The van der Waals surface area contributed by atoms with Crippen molar-refractivity contribution in [3.63, 3.8) is 0 Å². The van der Waals surface area contributed by atoms with Gasteiger partial charge in [-0.2, -0.15) is 0 Å². The number of aromatic nitrogens is 1. The summed E-state index contributed by atoms with van der Waals surface area (Å²) in [5, 5.41) is 6.10. The van der Waals surface area contributed by atoms with Gasteiger partial charge in [0.25, 0.3) is 0 Å². The Hall–Kier alpha value is -3.16. The lowest BCUT2D eigenvalue weighted by atomic mass is 10.1. The lowest BCUT2D eigenvalue weighted by molar-refractivity contribution is -0.119. The summed E-state index contributed by atoms with van der Waals surface area (Å²) < 4.78 is 5.70. The predicted octanol–water partition coefficient (Wildman–Crippen LogP) is 4.17. The molecule has 0 unspecified atom stereocenters. The molecule has 6 nitrogen and oxygen atoms in total. The molecule has 1 aromatic heterocycles. The van der Waals surface area contributed by atoms with Crippen molar-refractivity contribution in [1.29, 1.82) is 0 Å². The van der Waals surface area contributed by atoms with E-state index in [0.717, 1.165) is 5.56 Å². The molecule has 28 heavy (non-hydrogen) atoms. The van der Waals surface area contributed by atoms with Gasteiger partial charge in [-0.25, -0.2) is 4.98 Å². The third-order valence-corrected chi connectivity index (χ3v) is 4.15. The lowest BCUT2D eigenvalue weighted by Crippen LogP contribution is -2.35. The van der Waals surface area contributed by atoms with Crippen molar-refractivity contribution in [2.45, 2.75) is 6.42 Å². The van der Waals surface area contributed by atoms with Crippen LogP contribution in [-0.4, -0.2) is 16.0 Å². The van der Waals surface area contributed by atoms with Crippen LogP contribution in [0.4, 0.5) is 11.5 Å². The zero-order valence-corrected chi connectivity index (χ0v) is 16.3. The van der Waals surface area contributed by atoms with Gasteiger partial charge in [0, 0.05) is 18.3 Å². The Balaban J connectivity index is 1.58. The summed E-state index contributed by atoms with van der Waals surface area (Å²) in [6, 6.07) is 17.8. The number of rotatable bonds is 5. The Kier molecular flexibility index (Phi) is 6.41. The molecule has 0 aliphatic heterocycles. The largest absolute Gasteiger partial charge is 0.457 e. The second kappa shape index (κ2) is 9.16. The van der Waals surface area contributed by atoms with E-state index in [2.05, 4.69) is 15.6 Å². The van der Waals surface area contributed by atoms with Crippen LogP contribution in [0, 0.1) is 0 Å². The van der Waals surface area contributed by atoms with Gasteiger partial charge in [-0.15, -0.1) is 0 Å². The van der Waals surface area contributed by atoms with Crippen LogP contribution in [0.15, 0.2) is 66.9 Å². The van der Waals surface area contributed by atoms with Gasteiger partial charge in [0.05, 0.1) is 17.1 Å². The molecule has 1 amide bonds. The number of pyridine rings is 1. The van der Waals surface area contributed by atoms with E-state index in [-0.39, 0.29) is 17.4 Å². The molecule has 142 valence electrons. The van der Waals surface area contributed by atoms with E-state index in [1.54, 1.807) is 36.5 Å². The van der Waals surface area contributed by atoms with Gasteiger partial charge >= 0.3 is 0 Å². The fraction of sp³-hybridized carbons (Fsp3) is 0.0500. The highest BCUT2D eigenvalue weighted by Gasteiger charge is 2.09. The number of thiocarbonyl (C=S) groups is 1. The van der Waals surface area contributed by atoms with Gasteiger partial charge in [0.1, 0.15) is 17.3 Å². The van der Waals surface area contributed by atoms with Crippen molar-refractivity contribution in [3.8, 4) is 11.5 Å². The smallest absolute Gasteiger partial charge is 0.230 e. The van der Waals surface area contributed by atoms with E-state index >= 15 is 0 Å². The monoisotopic (exact) mass is 412 g/mol. The predicted molar refractivity (Wildman–Crippen MR) is 115 cm³/mol. The van der Waals surface area contributed by atoms with Crippen molar-refractivity contribution < 1.29 is 9.53 Å². The first kappa shape index (κ1) is 19.6. The number of carbonyl (C=O) groups is 1. The first-order valence-corrected chi connectivity index (χ1v) is 9.12. The number of halogens is 1. The number of nitrogens with one attached hydrogen (secondary N) is 2. The van der Waals surface area contributed by atoms with Crippen molar-refractivity contribution in [1.82, 2.24) is 10.3 Å². The molecule has 0 bridgehead atoms. The van der Waals surface area contributed by atoms with Crippen LogP contribution in [0.2, 0.25) is 5.02 Å². The van der Waals surface area contributed by atoms with Crippen molar-refractivity contribution >= 4 is 46.3 Å². The normalized spacial score (nSPS) is 10.2. The Morgan fingerprint density at radius 3 is 2.57 bits per heavy atom. The van der Waals surface area contributed by atoms with Crippen LogP contribution in [-0.2, 0) is 11.2 Å². The van der Waals surface area contributed by atoms with Crippen LogP contribution in [0.1, 0.15) is 5.56 Å². The van der Waals surface area contributed by atoms with Crippen LogP contribution < -0.4 is 21.1 Å². The summed E-state index contributed by atoms with van der Waals surface area (Å²) in [5.41, 5.74) is 7.08. The number of hydrogen-bond acceptors (Lipinski definition) is 5. The van der Waals surface area contributed by atoms with Crippen LogP contribution >= 0.6 is 23.8 Å². The number of ether oxygens (including phenoxy) is 1. The average molecular weight is 413 g/mol. The van der Waals surface area contributed by atoms with Crippen molar-refractivity contribution in [2.75, 3.05) is 11.1 Å². The van der Waals surface area contributed by atoms with E-state index in [0.29, 0.717) is 28.0 Å². The molecule has 0 saturated heterocycles. The topological polar surface area (TPSA) is 89.3 Å². The van der Waals surface area contributed by atoms with Gasteiger partial charge in [-0.05, 0) is 36.0 Å². The lowest BCUT2D eigenvalue weighted by Gasteiger charge is -2.12. The van der Waals surface area contributed by atoms with Crippen molar-refractivity contribution in [2.24, 2.45) is 0 Å². The molecule has 3 rings (SSSR count). The van der Waals surface area contributed by atoms with Crippen LogP contribution in [0.25, 0.3) is 0 Å². The first-order chi connectivity index (χ1) is 13.5. The SMILES string of the molecule is Nc1cc(Oc2ccc(NC(=S)NC(=O)Cc3ccccc3)c(Cl)c2)ccn1. The van der Waals surface area contributed by atoms with Gasteiger partial charge < -0.3 is 21.1 Å². The second-order valence-corrected chi connectivity index (χ2v) is 6.64. The summed E-state index contributed by atoms with van der Waals surface area (Å²) in [6.07, 6.45) is 1.79. The Morgan fingerprint density at radius 1 is 1.11 bits per heavy atom. The molecule has 4 N–H and O–H groups in total. The van der Waals surface area contributed by atoms with Crippen molar-refractivity contribution in [3.05, 3.63) is 77.4 Å².